The molecule has 0 radical (unpaired) electrons. The molecule has 0 bridgehead atoms. The van der Waals surface area contributed by atoms with Gasteiger partial charge in [0.2, 0.25) is 5.88 Å². The molecule has 2 rings (SSSR count). The summed E-state index contributed by atoms with van der Waals surface area (Å²) in [6, 6.07) is 8.44. The molecule has 1 N–H and O–H groups in total. The number of pyridine rings is 1. The predicted molar refractivity (Wildman–Crippen MR) is 77.9 cm³/mol. The fourth-order valence-corrected chi connectivity index (χ4v) is 2.29. The summed E-state index contributed by atoms with van der Waals surface area (Å²) in [5.74, 6) is -0.0157. The minimum atomic E-state index is -0.298. The van der Waals surface area contributed by atoms with Gasteiger partial charge in [-0.2, -0.15) is 0 Å². The van der Waals surface area contributed by atoms with Crippen molar-refractivity contribution in [2.24, 2.45) is 0 Å². The fourth-order valence-electron chi connectivity index (χ4n) is 1.51. The Balaban J connectivity index is 2.26. The predicted octanol–water partition coefficient (Wildman–Crippen LogP) is 3.76. The zero-order valence-electron chi connectivity index (χ0n) is 9.98. The first-order chi connectivity index (χ1) is 9.11. The minimum absolute atomic E-state index is 0.282. The lowest BCUT2D eigenvalue weighted by atomic mass is 10.2. The number of halogens is 2. The number of nitrogens with one attached hydrogen (secondary N) is 1. The summed E-state index contributed by atoms with van der Waals surface area (Å²) in [7, 11) is 1.47. The Labute approximate surface area is 123 Å². The average molecular weight is 342 g/mol. The molecule has 0 fully saturated rings. The molecule has 0 spiro atoms. The molecule has 98 valence electrons. The Morgan fingerprint density at radius 2 is 2.21 bits per heavy atom. The molecule has 6 heteroatoms. The zero-order chi connectivity index (χ0) is 13.8. The Morgan fingerprint density at radius 1 is 1.42 bits per heavy atom. The molecule has 0 aliphatic heterocycles. The van der Waals surface area contributed by atoms with Crippen LogP contribution in [0.3, 0.4) is 0 Å². The van der Waals surface area contributed by atoms with Gasteiger partial charge in [-0.3, -0.25) is 4.79 Å². The second kappa shape index (κ2) is 6.04. The number of benzene rings is 1. The third-order valence-corrected chi connectivity index (χ3v) is 3.28. The van der Waals surface area contributed by atoms with Gasteiger partial charge >= 0.3 is 0 Å². The molecule has 0 atom stereocenters. The maximum Gasteiger partial charge on any atom is 0.261 e. The molecular formula is C13H10BrClN2O2. The van der Waals surface area contributed by atoms with Crippen molar-refractivity contribution in [3.8, 4) is 5.88 Å². The van der Waals surface area contributed by atoms with E-state index in [4.69, 9.17) is 16.3 Å². The van der Waals surface area contributed by atoms with Gasteiger partial charge in [0.15, 0.2) is 0 Å². The first-order valence-electron chi connectivity index (χ1n) is 5.37. The van der Waals surface area contributed by atoms with E-state index in [9.17, 15) is 4.79 Å². The summed E-state index contributed by atoms with van der Waals surface area (Å²) in [5, 5.41) is 3.35. The minimum Gasteiger partial charge on any atom is -0.480 e. The van der Waals surface area contributed by atoms with Gasteiger partial charge in [-0.25, -0.2) is 4.98 Å². The molecule has 1 aromatic carbocycles. The number of amides is 1. The number of rotatable bonds is 3. The van der Waals surface area contributed by atoms with Crippen molar-refractivity contribution in [3.63, 3.8) is 0 Å². The van der Waals surface area contributed by atoms with Crippen LogP contribution in [-0.2, 0) is 0 Å². The Morgan fingerprint density at radius 3 is 2.89 bits per heavy atom. The lowest BCUT2D eigenvalue weighted by Crippen LogP contribution is -2.14. The molecular weight excluding hydrogens is 332 g/mol. The van der Waals surface area contributed by atoms with Crippen molar-refractivity contribution in [2.45, 2.75) is 0 Å². The van der Waals surface area contributed by atoms with E-state index in [1.54, 1.807) is 36.5 Å². The molecule has 0 aliphatic carbocycles. The molecule has 1 aromatic heterocycles. The van der Waals surface area contributed by atoms with Crippen LogP contribution in [0.4, 0.5) is 5.69 Å². The maximum absolute atomic E-state index is 12.1. The van der Waals surface area contributed by atoms with Gasteiger partial charge in [0.25, 0.3) is 5.91 Å². The highest BCUT2D eigenvalue weighted by molar-refractivity contribution is 9.10. The second-order valence-corrected chi connectivity index (χ2v) is 4.93. The summed E-state index contributed by atoms with van der Waals surface area (Å²) < 4.78 is 5.75. The molecule has 1 amide bonds. The van der Waals surface area contributed by atoms with Gasteiger partial charge in [-0.1, -0.05) is 11.6 Å². The van der Waals surface area contributed by atoms with Gasteiger partial charge < -0.3 is 10.1 Å². The summed E-state index contributed by atoms with van der Waals surface area (Å²) in [4.78, 5) is 16.1. The largest absolute Gasteiger partial charge is 0.480 e. The van der Waals surface area contributed by atoms with Crippen LogP contribution in [0.1, 0.15) is 10.4 Å². The lowest BCUT2D eigenvalue weighted by Gasteiger charge is -2.09. The molecule has 0 saturated carbocycles. The number of ether oxygens (including phenoxy) is 1. The molecule has 4 nitrogen and oxygen atoms in total. The van der Waals surface area contributed by atoms with Crippen LogP contribution in [0.2, 0.25) is 5.02 Å². The SMILES string of the molecule is COc1ncccc1C(=O)Nc1ccc(Cl)cc1Br. The average Bonchev–Trinajstić information content (AvgIpc) is 2.41. The van der Waals surface area contributed by atoms with Gasteiger partial charge in [0.1, 0.15) is 5.56 Å². The van der Waals surface area contributed by atoms with Crippen LogP contribution in [-0.4, -0.2) is 18.0 Å². The Hall–Kier alpha value is -1.59. The van der Waals surface area contributed by atoms with Gasteiger partial charge in [-0.15, -0.1) is 0 Å². The topological polar surface area (TPSA) is 51.2 Å². The van der Waals surface area contributed by atoms with Crippen LogP contribution in [0.25, 0.3) is 0 Å². The van der Waals surface area contributed by atoms with E-state index in [-0.39, 0.29) is 11.8 Å². The number of carbonyl (C=O) groups excluding carboxylic acids is 1. The summed E-state index contributed by atoms with van der Waals surface area (Å²) >= 11 is 9.18. The van der Waals surface area contributed by atoms with Gasteiger partial charge in [0, 0.05) is 15.7 Å². The Bertz CT molecular complexity index is 619. The molecule has 1 heterocycles. The first kappa shape index (κ1) is 13.8. The van der Waals surface area contributed by atoms with Gasteiger partial charge in [-0.05, 0) is 46.3 Å². The highest BCUT2D eigenvalue weighted by Gasteiger charge is 2.14. The van der Waals surface area contributed by atoms with Crippen LogP contribution in [0.5, 0.6) is 5.88 Å². The standard InChI is InChI=1S/C13H10BrClN2O2/c1-19-13-9(3-2-6-16-13)12(18)17-11-5-4-8(15)7-10(11)14/h2-7H,1H3,(H,17,18). The van der Waals surface area contributed by atoms with Crippen LogP contribution >= 0.6 is 27.5 Å². The van der Waals surface area contributed by atoms with Crippen LogP contribution < -0.4 is 10.1 Å². The summed E-state index contributed by atoms with van der Waals surface area (Å²) in [6.07, 6.45) is 1.56. The van der Waals surface area contributed by atoms with Crippen LogP contribution in [0.15, 0.2) is 41.0 Å². The first-order valence-corrected chi connectivity index (χ1v) is 6.54. The molecule has 19 heavy (non-hydrogen) atoms. The zero-order valence-corrected chi connectivity index (χ0v) is 12.3. The summed E-state index contributed by atoms with van der Waals surface area (Å²) in [5.41, 5.74) is 0.993. The van der Waals surface area contributed by atoms with Crippen molar-refractivity contribution in [3.05, 3.63) is 51.6 Å². The van der Waals surface area contributed by atoms with Crippen LogP contribution in [0, 0.1) is 0 Å². The number of hydrogen-bond donors (Lipinski definition) is 1. The Kier molecular flexibility index (Phi) is 4.39. The number of nitrogens with zero attached hydrogens (tertiary/aromatic N) is 1. The molecule has 0 saturated heterocycles. The van der Waals surface area contributed by atoms with E-state index < -0.39 is 0 Å². The van der Waals surface area contributed by atoms with E-state index in [1.165, 1.54) is 7.11 Å². The van der Waals surface area contributed by atoms with Crippen molar-refractivity contribution in [1.82, 2.24) is 4.98 Å². The number of methoxy groups -OCH3 is 1. The van der Waals surface area contributed by atoms with E-state index in [0.29, 0.717) is 20.7 Å². The number of aromatic nitrogens is 1. The molecule has 2 aromatic rings. The van der Waals surface area contributed by atoms with E-state index in [0.717, 1.165) is 0 Å². The second-order valence-electron chi connectivity index (χ2n) is 3.64. The number of hydrogen-bond acceptors (Lipinski definition) is 3. The normalized spacial score (nSPS) is 10.1. The van der Waals surface area contributed by atoms with Crippen molar-refractivity contribution >= 4 is 39.1 Å². The van der Waals surface area contributed by atoms with Crippen molar-refractivity contribution in [1.29, 1.82) is 0 Å². The lowest BCUT2D eigenvalue weighted by molar-refractivity contribution is 0.102. The van der Waals surface area contributed by atoms with E-state index in [2.05, 4.69) is 26.2 Å². The smallest absolute Gasteiger partial charge is 0.261 e. The summed E-state index contributed by atoms with van der Waals surface area (Å²) in [6.45, 7) is 0. The monoisotopic (exact) mass is 340 g/mol. The van der Waals surface area contributed by atoms with Crippen molar-refractivity contribution < 1.29 is 9.53 Å². The third-order valence-electron chi connectivity index (χ3n) is 2.39. The van der Waals surface area contributed by atoms with E-state index >= 15 is 0 Å². The fraction of sp³-hybridized carbons (Fsp3) is 0.0769. The molecule has 0 aliphatic rings. The van der Waals surface area contributed by atoms with Crippen molar-refractivity contribution in [2.75, 3.05) is 12.4 Å². The molecule has 0 unspecified atom stereocenters. The van der Waals surface area contributed by atoms with Gasteiger partial charge in [0.05, 0.1) is 12.8 Å². The van der Waals surface area contributed by atoms with E-state index in [1.807, 2.05) is 0 Å². The third kappa shape index (κ3) is 3.24. The highest BCUT2D eigenvalue weighted by atomic mass is 79.9. The number of anilines is 1. The number of carbonyl (C=O) groups is 1. The quantitative estimate of drug-likeness (QED) is 0.925. The highest BCUT2D eigenvalue weighted by Crippen LogP contribution is 2.27. The maximum atomic E-state index is 12.1.